The lowest BCUT2D eigenvalue weighted by atomic mass is 10.1. The van der Waals surface area contributed by atoms with Crippen LogP contribution >= 0.6 is 0 Å². The van der Waals surface area contributed by atoms with Gasteiger partial charge in [0, 0.05) is 7.05 Å². The van der Waals surface area contributed by atoms with Crippen molar-refractivity contribution >= 4 is 11.6 Å². The number of rotatable bonds is 2. The highest BCUT2D eigenvalue weighted by Gasteiger charge is 2.28. The number of carbonyl (C=O) groups excluding carboxylic acids is 1. The zero-order valence-corrected chi connectivity index (χ0v) is 9.56. The van der Waals surface area contributed by atoms with Crippen LogP contribution in [0.25, 0.3) is 0 Å². The molecule has 16 heavy (non-hydrogen) atoms. The van der Waals surface area contributed by atoms with Gasteiger partial charge in [-0.1, -0.05) is 6.07 Å². The summed E-state index contributed by atoms with van der Waals surface area (Å²) in [5.41, 5.74) is 7.47. The van der Waals surface area contributed by atoms with E-state index in [4.69, 9.17) is 10.5 Å². The van der Waals surface area contributed by atoms with Gasteiger partial charge in [-0.05, 0) is 37.6 Å². The molecule has 2 rings (SSSR count). The number of benzene rings is 1. The third-order valence-electron chi connectivity index (χ3n) is 2.80. The molecule has 1 unspecified atom stereocenters. The predicted molar refractivity (Wildman–Crippen MR) is 62.7 cm³/mol. The Kier molecular flexibility index (Phi) is 2.83. The number of likely N-dealkylation sites (N-methyl/N-ethyl adjacent to an activating group) is 1. The fourth-order valence-electron chi connectivity index (χ4n) is 1.88. The average molecular weight is 220 g/mol. The Hall–Kier alpha value is -1.55. The number of amides is 1. The summed E-state index contributed by atoms with van der Waals surface area (Å²) in [4.78, 5) is 13.3. The molecule has 1 heterocycles. The highest BCUT2D eigenvalue weighted by Crippen LogP contribution is 2.33. The first kappa shape index (κ1) is 11.0. The third-order valence-corrected chi connectivity index (χ3v) is 2.80. The molecule has 1 aliphatic heterocycles. The van der Waals surface area contributed by atoms with Crippen LogP contribution in [-0.4, -0.2) is 25.6 Å². The second kappa shape index (κ2) is 4.14. The van der Waals surface area contributed by atoms with Crippen molar-refractivity contribution in [3.63, 3.8) is 0 Å². The summed E-state index contributed by atoms with van der Waals surface area (Å²) in [6, 6.07) is 5.85. The van der Waals surface area contributed by atoms with Gasteiger partial charge in [0.25, 0.3) is 5.91 Å². The minimum atomic E-state index is -0.411. The summed E-state index contributed by atoms with van der Waals surface area (Å²) >= 11 is 0. The van der Waals surface area contributed by atoms with Crippen LogP contribution in [0.1, 0.15) is 12.5 Å². The number of anilines is 1. The van der Waals surface area contributed by atoms with Gasteiger partial charge in [-0.25, -0.2) is 0 Å². The number of hydrogen-bond acceptors (Lipinski definition) is 3. The van der Waals surface area contributed by atoms with Gasteiger partial charge in [0.15, 0.2) is 6.10 Å². The maximum atomic E-state index is 11.7. The first-order valence-corrected chi connectivity index (χ1v) is 5.40. The van der Waals surface area contributed by atoms with Gasteiger partial charge in [-0.15, -0.1) is 0 Å². The van der Waals surface area contributed by atoms with Gasteiger partial charge in [-0.2, -0.15) is 0 Å². The molecule has 1 aliphatic rings. The van der Waals surface area contributed by atoms with E-state index in [-0.39, 0.29) is 5.91 Å². The summed E-state index contributed by atoms with van der Waals surface area (Å²) < 4.78 is 5.57. The summed E-state index contributed by atoms with van der Waals surface area (Å²) in [6.07, 6.45) is 0.411. The summed E-state index contributed by atoms with van der Waals surface area (Å²) in [5, 5.41) is 0. The van der Waals surface area contributed by atoms with Crippen molar-refractivity contribution in [3.05, 3.63) is 23.8 Å². The van der Waals surface area contributed by atoms with Gasteiger partial charge >= 0.3 is 0 Å². The Labute approximate surface area is 95.0 Å². The fourth-order valence-corrected chi connectivity index (χ4v) is 1.88. The van der Waals surface area contributed by atoms with Crippen LogP contribution in [0, 0.1) is 0 Å². The van der Waals surface area contributed by atoms with Crippen LogP contribution in [0.15, 0.2) is 18.2 Å². The molecular formula is C12H16N2O2. The van der Waals surface area contributed by atoms with Crippen molar-refractivity contribution in [1.82, 2.24) is 0 Å². The maximum Gasteiger partial charge on any atom is 0.267 e. The van der Waals surface area contributed by atoms with Crippen LogP contribution in [-0.2, 0) is 11.2 Å². The van der Waals surface area contributed by atoms with E-state index in [0.717, 1.165) is 23.4 Å². The number of nitrogens with zero attached hydrogens (tertiary/aromatic N) is 1. The van der Waals surface area contributed by atoms with E-state index in [9.17, 15) is 4.79 Å². The molecule has 4 heteroatoms. The summed E-state index contributed by atoms with van der Waals surface area (Å²) in [5.74, 6) is 0.750. The monoisotopic (exact) mass is 220 g/mol. The summed E-state index contributed by atoms with van der Waals surface area (Å²) in [7, 11) is 1.77. The molecule has 1 atom stereocenters. The minimum Gasteiger partial charge on any atom is -0.479 e. The number of carbonyl (C=O) groups is 1. The standard InChI is InChI=1S/C12H16N2O2/c1-8-12(15)14(2)10-4-3-9(5-6-13)7-11(10)16-8/h3-4,7-8H,5-6,13H2,1-2H3. The smallest absolute Gasteiger partial charge is 0.267 e. The van der Waals surface area contributed by atoms with E-state index in [1.54, 1.807) is 18.9 Å². The molecule has 86 valence electrons. The second-order valence-electron chi connectivity index (χ2n) is 4.00. The first-order valence-electron chi connectivity index (χ1n) is 5.40. The van der Waals surface area contributed by atoms with Crippen molar-refractivity contribution < 1.29 is 9.53 Å². The van der Waals surface area contributed by atoms with Gasteiger partial charge < -0.3 is 15.4 Å². The van der Waals surface area contributed by atoms with E-state index in [0.29, 0.717) is 6.54 Å². The molecule has 1 aromatic carbocycles. The van der Waals surface area contributed by atoms with Crippen LogP contribution < -0.4 is 15.4 Å². The van der Waals surface area contributed by atoms with Crippen molar-refractivity contribution in [2.24, 2.45) is 5.73 Å². The number of fused-ring (bicyclic) bond motifs is 1. The Balaban J connectivity index is 2.37. The lowest BCUT2D eigenvalue weighted by Crippen LogP contribution is -2.41. The molecular weight excluding hydrogens is 204 g/mol. The topological polar surface area (TPSA) is 55.6 Å². The largest absolute Gasteiger partial charge is 0.479 e. The Morgan fingerprint density at radius 2 is 2.25 bits per heavy atom. The molecule has 4 nitrogen and oxygen atoms in total. The van der Waals surface area contributed by atoms with E-state index < -0.39 is 6.10 Å². The van der Waals surface area contributed by atoms with Crippen LogP contribution in [0.3, 0.4) is 0 Å². The van der Waals surface area contributed by atoms with Crippen molar-refractivity contribution in [1.29, 1.82) is 0 Å². The van der Waals surface area contributed by atoms with E-state index in [1.807, 2.05) is 18.2 Å². The van der Waals surface area contributed by atoms with E-state index in [2.05, 4.69) is 0 Å². The first-order chi connectivity index (χ1) is 7.63. The molecule has 0 aromatic heterocycles. The molecule has 1 aromatic rings. The quantitative estimate of drug-likeness (QED) is 0.806. The molecule has 0 saturated carbocycles. The molecule has 0 fully saturated rings. The molecule has 1 amide bonds. The maximum absolute atomic E-state index is 11.7. The SMILES string of the molecule is CC1Oc2cc(CCN)ccc2N(C)C1=O. The van der Waals surface area contributed by atoms with Gasteiger partial charge in [0.1, 0.15) is 5.75 Å². The van der Waals surface area contributed by atoms with Crippen molar-refractivity contribution in [2.75, 3.05) is 18.5 Å². The van der Waals surface area contributed by atoms with Gasteiger partial charge in [0.05, 0.1) is 5.69 Å². The zero-order valence-electron chi connectivity index (χ0n) is 9.56. The Bertz CT molecular complexity index is 417. The number of nitrogens with two attached hydrogens (primary N) is 1. The molecule has 0 bridgehead atoms. The highest BCUT2D eigenvalue weighted by molar-refractivity contribution is 5.99. The number of hydrogen-bond donors (Lipinski definition) is 1. The summed E-state index contributed by atoms with van der Waals surface area (Å²) in [6.45, 7) is 2.38. The molecule has 0 saturated heterocycles. The Morgan fingerprint density at radius 3 is 2.94 bits per heavy atom. The average Bonchev–Trinajstić information content (AvgIpc) is 2.26. The van der Waals surface area contributed by atoms with Crippen LogP contribution in [0.2, 0.25) is 0 Å². The predicted octanol–water partition coefficient (Wildman–Crippen LogP) is 0.931. The van der Waals surface area contributed by atoms with E-state index >= 15 is 0 Å². The normalized spacial score (nSPS) is 19.3. The van der Waals surface area contributed by atoms with Gasteiger partial charge in [0.2, 0.25) is 0 Å². The molecule has 0 aliphatic carbocycles. The van der Waals surface area contributed by atoms with Crippen LogP contribution in [0.5, 0.6) is 5.75 Å². The lowest BCUT2D eigenvalue weighted by molar-refractivity contribution is -0.125. The van der Waals surface area contributed by atoms with Crippen LogP contribution in [0.4, 0.5) is 5.69 Å². The second-order valence-corrected chi connectivity index (χ2v) is 4.00. The lowest BCUT2D eigenvalue weighted by Gasteiger charge is -2.30. The van der Waals surface area contributed by atoms with E-state index in [1.165, 1.54) is 0 Å². The molecule has 2 N–H and O–H groups in total. The minimum absolute atomic E-state index is 0.0147. The van der Waals surface area contributed by atoms with Crippen molar-refractivity contribution in [2.45, 2.75) is 19.4 Å². The fraction of sp³-hybridized carbons (Fsp3) is 0.417. The highest BCUT2D eigenvalue weighted by atomic mass is 16.5. The van der Waals surface area contributed by atoms with Gasteiger partial charge in [-0.3, -0.25) is 4.79 Å². The number of ether oxygens (including phenoxy) is 1. The molecule has 0 radical (unpaired) electrons. The zero-order chi connectivity index (χ0) is 11.7. The molecule has 0 spiro atoms. The Morgan fingerprint density at radius 1 is 1.50 bits per heavy atom. The third kappa shape index (κ3) is 1.76. The van der Waals surface area contributed by atoms with Crippen molar-refractivity contribution in [3.8, 4) is 5.75 Å².